The first-order chi connectivity index (χ1) is 8.98. The highest BCUT2D eigenvalue weighted by molar-refractivity contribution is 5.75. The maximum atomic E-state index is 11.8. The summed E-state index contributed by atoms with van der Waals surface area (Å²) in [5.74, 6) is -0.545. The molecule has 1 N–H and O–H groups in total. The zero-order valence-corrected chi connectivity index (χ0v) is 11.5. The van der Waals surface area contributed by atoms with E-state index in [1.165, 1.54) is 0 Å². The summed E-state index contributed by atoms with van der Waals surface area (Å²) in [5.41, 5.74) is -0.0747. The van der Waals surface area contributed by atoms with Crippen LogP contribution in [0.3, 0.4) is 0 Å². The second-order valence-corrected chi connectivity index (χ2v) is 6.91. The molecule has 4 nitrogen and oxygen atoms in total. The van der Waals surface area contributed by atoms with E-state index in [1.54, 1.807) is 0 Å². The molecule has 7 atom stereocenters. The van der Waals surface area contributed by atoms with E-state index in [4.69, 9.17) is 4.74 Å². The molecular formula is C15H22O4. The maximum absolute atomic E-state index is 11.8. The number of aliphatic hydroxyl groups excluding tert-OH is 1. The van der Waals surface area contributed by atoms with Crippen molar-refractivity contribution in [3.63, 3.8) is 0 Å². The lowest BCUT2D eigenvalue weighted by molar-refractivity contribution is -0.163. The van der Waals surface area contributed by atoms with Gasteiger partial charge in [-0.25, -0.2) is 0 Å². The molecule has 1 heterocycles. The van der Waals surface area contributed by atoms with Crippen LogP contribution in [0, 0.1) is 29.1 Å². The van der Waals surface area contributed by atoms with Crippen molar-refractivity contribution >= 4 is 12.3 Å². The summed E-state index contributed by atoms with van der Waals surface area (Å²) in [6.45, 7) is 3.97. The molecule has 2 saturated carbocycles. The fraction of sp³-hybridized carbons (Fsp3) is 0.867. The second-order valence-electron chi connectivity index (χ2n) is 6.91. The predicted octanol–water partition coefficient (Wildman–Crippen LogP) is 1.55. The lowest BCUT2D eigenvalue weighted by atomic mass is 9.52. The molecule has 0 radical (unpaired) electrons. The Morgan fingerprint density at radius 2 is 2.21 bits per heavy atom. The van der Waals surface area contributed by atoms with Gasteiger partial charge in [0.2, 0.25) is 0 Å². The number of carbonyl (C=O) groups excluding carboxylic acids is 2. The largest absolute Gasteiger partial charge is 0.461 e. The summed E-state index contributed by atoms with van der Waals surface area (Å²) >= 11 is 0. The molecule has 0 aromatic carbocycles. The van der Waals surface area contributed by atoms with Crippen LogP contribution in [0.15, 0.2) is 0 Å². The molecule has 0 unspecified atom stereocenters. The highest BCUT2D eigenvalue weighted by atomic mass is 16.6. The average Bonchev–Trinajstić information content (AvgIpc) is 2.64. The number of aldehydes is 1. The van der Waals surface area contributed by atoms with Crippen molar-refractivity contribution in [2.75, 3.05) is 0 Å². The molecule has 3 fully saturated rings. The molecule has 3 aliphatic rings. The molecule has 19 heavy (non-hydrogen) atoms. The zero-order valence-electron chi connectivity index (χ0n) is 11.5. The Labute approximate surface area is 113 Å². The summed E-state index contributed by atoms with van der Waals surface area (Å²) in [7, 11) is 0. The number of ether oxygens (including phenoxy) is 1. The van der Waals surface area contributed by atoms with Crippen LogP contribution in [0.2, 0.25) is 0 Å². The third kappa shape index (κ3) is 1.76. The van der Waals surface area contributed by atoms with Crippen molar-refractivity contribution in [2.24, 2.45) is 29.1 Å². The SMILES string of the molecule is C[C@@H]1C(=O)O[C@H]2[C@H]1[C@@H](O)C[C@@]1(C)CCC[C@H](C=O)[C@H]21. The summed E-state index contributed by atoms with van der Waals surface area (Å²) in [4.78, 5) is 23.2. The van der Waals surface area contributed by atoms with E-state index in [2.05, 4.69) is 6.92 Å². The molecule has 1 aliphatic heterocycles. The van der Waals surface area contributed by atoms with Gasteiger partial charge < -0.3 is 14.6 Å². The smallest absolute Gasteiger partial charge is 0.309 e. The molecule has 0 spiro atoms. The first-order valence-electron chi connectivity index (χ1n) is 7.32. The summed E-state index contributed by atoms with van der Waals surface area (Å²) in [6, 6.07) is 0. The Morgan fingerprint density at radius 1 is 1.47 bits per heavy atom. The number of rotatable bonds is 1. The molecule has 0 aromatic rings. The van der Waals surface area contributed by atoms with E-state index in [0.29, 0.717) is 6.42 Å². The fourth-order valence-electron chi connectivity index (χ4n) is 4.88. The van der Waals surface area contributed by atoms with E-state index in [0.717, 1.165) is 25.5 Å². The molecule has 2 aliphatic carbocycles. The predicted molar refractivity (Wildman–Crippen MR) is 68.2 cm³/mol. The van der Waals surface area contributed by atoms with Crippen molar-refractivity contribution in [1.29, 1.82) is 0 Å². The van der Waals surface area contributed by atoms with Crippen LogP contribution in [0.4, 0.5) is 0 Å². The maximum Gasteiger partial charge on any atom is 0.309 e. The van der Waals surface area contributed by atoms with Crippen LogP contribution < -0.4 is 0 Å². The fourth-order valence-corrected chi connectivity index (χ4v) is 4.88. The first-order valence-corrected chi connectivity index (χ1v) is 7.32. The van der Waals surface area contributed by atoms with Gasteiger partial charge in [0.05, 0.1) is 12.0 Å². The average molecular weight is 266 g/mol. The number of hydrogen-bond acceptors (Lipinski definition) is 4. The van der Waals surface area contributed by atoms with Crippen molar-refractivity contribution in [3.8, 4) is 0 Å². The van der Waals surface area contributed by atoms with Gasteiger partial charge in [-0.1, -0.05) is 20.3 Å². The van der Waals surface area contributed by atoms with Gasteiger partial charge in [0.1, 0.15) is 12.4 Å². The van der Waals surface area contributed by atoms with Crippen molar-refractivity contribution in [2.45, 2.75) is 51.7 Å². The van der Waals surface area contributed by atoms with Crippen molar-refractivity contribution in [1.82, 2.24) is 0 Å². The van der Waals surface area contributed by atoms with Crippen LogP contribution in [-0.2, 0) is 14.3 Å². The van der Waals surface area contributed by atoms with Crippen LogP contribution in [0.1, 0.15) is 39.5 Å². The Morgan fingerprint density at radius 3 is 2.89 bits per heavy atom. The lowest BCUT2D eigenvalue weighted by Crippen LogP contribution is -2.55. The van der Waals surface area contributed by atoms with E-state index < -0.39 is 6.10 Å². The molecule has 4 heteroatoms. The number of carbonyl (C=O) groups is 2. The molecule has 0 amide bonds. The summed E-state index contributed by atoms with van der Waals surface area (Å²) in [6.07, 6.45) is 3.87. The van der Waals surface area contributed by atoms with E-state index in [-0.39, 0.29) is 41.2 Å². The van der Waals surface area contributed by atoms with Crippen LogP contribution in [-0.4, -0.2) is 29.6 Å². The Balaban J connectivity index is 1.99. The van der Waals surface area contributed by atoms with Crippen molar-refractivity contribution in [3.05, 3.63) is 0 Å². The zero-order chi connectivity index (χ0) is 13.8. The highest BCUT2D eigenvalue weighted by Gasteiger charge is 2.60. The van der Waals surface area contributed by atoms with Gasteiger partial charge in [-0.05, 0) is 24.7 Å². The number of hydrogen-bond donors (Lipinski definition) is 1. The summed E-state index contributed by atoms with van der Waals surface area (Å²) < 4.78 is 5.56. The molecule has 3 rings (SSSR count). The topological polar surface area (TPSA) is 63.6 Å². The molecule has 106 valence electrons. The number of aliphatic hydroxyl groups is 1. The van der Waals surface area contributed by atoms with E-state index in [1.807, 2.05) is 6.92 Å². The third-order valence-electron chi connectivity index (χ3n) is 5.78. The Hall–Kier alpha value is -0.900. The Kier molecular flexibility index (Phi) is 2.97. The van der Waals surface area contributed by atoms with Gasteiger partial charge >= 0.3 is 5.97 Å². The third-order valence-corrected chi connectivity index (χ3v) is 5.78. The van der Waals surface area contributed by atoms with Gasteiger partial charge in [0.15, 0.2) is 0 Å². The van der Waals surface area contributed by atoms with Crippen LogP contribution >= 0.6 is 0 Å². The summed E-state index contributed by atoms with van der Waals surface area (Å²) in [5, 5.41) is 10.4. The highest BCUT2D eigenvalue weighted by Crippen LogP contribution is 2.57. The van der Waals surface area contributed by atoms with Crippen LogP contribution in [0.25, 0.3) is 0 Å². The van der Waals surface area contributed by atoms with E-state index >= 15 is 0 Å². The number of fused-ring (bicyclic) bond motifs is 3. The minimum Gasteiger partial charge on any atom is -0.461 e. The van der Waals surface area contributed by atoms with Gasteiger partial charge in [-0.3, -0.25) is 4.79 Å². The standard InChI is InChI=1S/C15H22O4/c1-8-11-10(17)6-15(2)5-3-4-9(7-16)12(15)13(11)19-14(8)18/h7-13,17H,3-6H2,1-2H3/t8-,9+,10-,11+,12+,13-,15+/m0/s1. The monoisotopic (exact) mass is 266 g/mol. The minimum absolute atomic E-state index is 0.0307. The molecular weight excluding hydrogens is 244 g/mol. The minimum atomic E-state index is -0.488. The molecule has 1 saturated heterocycles. The lowest BCUT2D eigenvalue weighted by Gasteiger charge is -2.53. The molecule has 0 bridgehead atoms. The first kappa shape index (κ1) is 13.1. The van der Waals surface area contributed by atoms with Crippen LogP contribution in [0.5, 0.6) is 0 Å². The van der Waals surface area contributed by atoms with Gasteiger partial charge in [-0.2, -0.15) is 0 Å². The van der Waals surface area contributed by atoms with Gasteiger partial charge in [0, 0.05) is 17.8 Å². The van der Waals surface area contributed by atoms with E-state index in [9.17, 15) is 14.7 Å². The normalized spacial score (nSPS) is 53.1. The quantitative estimate of drug-likeness (QED) is 0.578. The number of esters is 1. The van der Waals surface area contributed by atoms with Gasteiger partial charge in [0.25, 0.3) is 0 Å². The second kappa shape index (κ2) is 4.30. The van der Waals surface area contributed by atoms with Gasteiger partial charge in [-0.15, -0.1) is 0 Å². The Bertz CT molecular complexity index is 407. The van der Waals surface area contributed by atoms with Crippen molar-refractivity contribution < 1.29 is 19.4 Å². The molecule has 0 aromatic heterocycles.